The average molecular weight is 456 g/mol. The Bertz CT molecular complexity index is 1510. The second kappa shape index (κ2) is 7.99. The molecule has 164 valence electrons. The molecule has 0 saturated heterocycles. The zero-order chi connectivity index (χ0) is 23.3. The molecule has 1 unspecified atom stereocenters. The summed E-state index contributed by atoms with van der Waals surface area (Å²) < 4.78 is 5.44. The molecule has 3 aromatic carbocycles. The van der Waals surface area contributed by atoms with Crippen molar-refractivity contribution in [3.63, 3.8) is 0 Å². The number of halogens is 1. The van der Waals surface area contributed by atoms with Gasteiger partial charge in [-0.3, -0.25) is 9.69 Å². The van der Waals surface area contributed by atoms with Gasteiger partial charge in [-0.1, -0.05) is 18.2 Å². The minimum Gasteiger partial charge on any atom is -0.497 e. The Morgan fingerprint density at radius 1 is 1.21 bits per heavy atom. The molecular formula is C27H22ClN3O2. The quantitative estimate of drug-likeness (QED) is 0.364. The van der Waals surface area contributed by atoms with Crippen LogP contribution in [0, 0.1) is 25.2 Å². The molecule has 0 spiro atoms. The maximum Gasteiger partial charge on any atom is 0.259 e. The Kier molecular flexibility index (Phi) is 5.11. The lowest BCUT2D eigenvalue weighted by Gasteiger charge is -2.31. The van der Waals surface area contributed by atoms with E-state index in [2.05, 4.69) is 11.1 Å². The van der Waals surface area contributed by atoms with E-state index >= 15 is 0 Å². The molecule has 33 heavy (non-hydrogen) atoms. The van der Waals surface area contributed by atoms with Gasteiger partial charge in [-0.05, 0) is 66.4 Å². The molecule has 1 atom stereocenters. The highest BCUT2D eigenvalue weighted by molar-refractivity contribution is 6.18. The van der Waals surface area contributed by atoms with E-state index in [-0.39, 0.29) is 11.8 Å². The molecule has 0 bridgehead atoms. The van der Waals surface area contributed by atoms with Crippen molar-refractivity contribution in [1.82, 2.24) is 9.88 Å². The van der Waals surface area contributed by atoms with Crippen molar-refractivity contribution in [3.05, 3.63) is 82.0 Å². The van der Waals surface area contributed by atoms with Crippen molar-refractivity contribution in [2.75, 3.05) is 7.11 Å². The maximum atomic E-state index is 13.5. The summed E-state index contributed by atoms with van der Waals surface area (Å²) >= 11 is 6.08. The lowest BCUT2D eigenvalue weighted by atomic mass is 9.86. The first-order valence-corrected chi connectivity index (χ1v) is 11.2. The molecule has 1 aliphatic rings. The predicted octanol–water partition coefficient (Wildman–Crippen LogP) is 6.38. The Labute approximate surface area is 196 Å². The molecule has 0 radical (unpaired) electrons. The van der Waals surface area contributed by atoms with Crippen LogP contribution in [0.25, 0.3) is 27.9 Å². The van der Waals surface area contributed by atoms with Crippen LogP contribution in [0.1, 0.15) is 44.2 Å². The summed E-state index contributed by atoms with van der Waals surface area (Å²) in [6, 6.07) is 14.8. The number of fused-ring (bicyclic) bond motifs is 4. The highest BCUT2D eigenvalue weighted by atomic mass is 35.5. The second-order valence-corrected chi connectivity index (χ2v) is 8.48. The highest BCUT2D eigenvalue weighted by Gasteiger charge is 2.33. The number of nitrogens with one attached hydrogen (secondary N) is 1. The number of H-pyrrole nitrogens is 1. The monoisotopic (exact) mass is 455 g/mol. The van der Waals surface area contributed by atoms with Gasteiger partial charge < -0.3 is 9.72 Å². The van der Waals surface area contributed by atoms with Crippen LogP contribution in [0.4, 0.5) is 0 Å². The Hall–Kier alpha value is -3.75. The Morgan fingerprint density at radius 3 is 2.73 bits per heavy atom. The van der Waals surface area contributed by atoms with Crippen molar-refractivity contribution in [2.45, 2.75) is 25.8 Å². The third kappa shape index (κ3) is 3.10. The lowest BCUT2D eigenvalue weighted by molar-refractivity contribution is 0.0793. The van der Waals surface area contributed by atoms with Gasteiger partial charge in [-0.2, -0.15) is 5.26 Å². The first-order chi connectivity index (χ1) is 16.0. The number of amides is 1. The van der Waals surface area contributed by atoms with Gasteiger partial charge in [-0.25, -0.2) is 0 Å². The fourth-order valence-electron chi connectivity index (χ4n) is 4.89. The zero-order valence-electron chi connectivity index (χ0n) is 18.6. The molecule has 6 heteroatoms. The SMILES string of the molecule is COc1ccc2[nH]c3c(C)c4c(c(C)c3c2c1)C(C#N)N(C(=O)c1ccccc1CCl)C=C4. The van der Waals surface area contributed by atoms with Crippen LogP contribution in [-0.4, -0.2) is 22.9 Å². The normalized spacial score (nSPS) is 15.0. The molecule has 5 rings (SSSR count). The summed E-state index contributed by atoms with van der Waals surface area (Å²) in [5, 5.41) is 12.3. The number of aromatic nitrogens is 1. The average Bonchev–Trinajstić information content (AvgIpc) is 3.25. The first kappa shape index (κ1) is 21.1. The summed E-state index contributed by atoms with van der Waals surface area (Å²) in [6.45, 7) is 4.07. The number of nitrogens with zero attached hydrogens (tertiary/aromatic N) is 2. The fraction of sp³-hybridized carbons (Fsp3) is 0.185. The van der Waals surface area contributed by atoms with E-state index in [1.807, 2.05) is 56.3 Å². The third-order valence-electron chi connectivity index (χ3n) is 6.56. The molecule has 0 saturated carbocycles. The standard InChI is InChI=1S/C27H22ClN3O2/c1-15-19-10-11-31(27(32)20-7-5-4-6-17(20)13-28)23(14-29)24(19)16(2)25-21-12-18(33-3)8-9-22(21)30-26(15)25/h4-12,23,30H,13H2,1-3H3. The summed E-state index contributed by atoms with van der Waals surface area (Å²) in [5.41, 5.74) is 7.13. The molecule has 0 fully saturated rings. The summed E-state index contributed by atoms with van der Waals surface area (Å²) in [6.07, 6.45) is 3.64. The van der Waals surface area contributed by atoms with Gasteiger partial charge in [-0.15, -0.1) is 11.6 Å². The molecule has 2 heterocycles. The van der Waals surface area contributed by atoms with Crippen molar-refractivity contribution in [3.8, 4) is 11.8 Å². The van der Waals surface area contributed by atoms with E-state index in [4.69, 9.17) is 16.3 Å². The van der Waals surface area contributed by atoms with E-state index in [0.29, 0.717) is 5.56 Å². The molecule has 1 aromatic heterocycles. The minimum absolute atomic E-state index is 0.225. The Balaban J connectivity index is 1.74. The number of carbonyl (C=O) groups excluding carboxylic acids is 1. The smallest absolute Gasteiger partial charge is 0.259 e. The largest absolute Gasteiger partial charge is 0.497 e. The van der Waals surface area contributed by atoms with E-state index < -0.39 is 6.04 Å². The molecule has 4 aromatic rings. The number of methoxy groups -OCH3 is 1. The second-order valence-electron chi connectivity index (χ2n) is 8.21. The van der Waals surface area contributed by atoms with Gasteiger partial charge in [0.2, 0.25) is 0 Å². The topological polar surface area (TPSA) is 69.1 Å². The van der Waals surface area contributed by atoms with Gasteiger partial charge >= 0.3 is 0 Å². The van der Waals surface area contributed by atoms with Crippen LogP contribution < -0.4 is 4.74 Å². The molecule has 1 amide bonds. The van der Waals surface area contributed by atoms with Crippen molar-refractivity contribution in [1.29, 1.82) is 5.26 Å². The number of rotatable bonds is 3. The number of nitriles is 1. The van der Waals surface area contributed by atoms with Crippen LogP contribution in [0.5, 0.6) is 5.75 Å². The van der Waals surface area contributed by atoms with Gasteiger partial charge in [0.15, 0.2) is 0 Å². The van der Waals surface area contributed by atoms with Gasteiger partial charge in [0.1, 0.15) is 11.8 Å². The van der Waals surface area contributed by atoms with Crippen molar-refractivity contribution >= 4 is 45.4 Å². The summed E-state index contributed by atoms with van der Waals surface area (Å²) in [5.74, 6) is 0.755. The van der Waals surface area contributed by atoms with Gasteiger partial charge in [0.25, 0.3) is 5.91 Å². The number of ether oxygens (including phenoxy) is 1. The van der Waals surface area contributed by atoms with Crippen LogP contribution in [0.15, 0.2) is 48.7 Å². The number of carbonyl (C=O) groups is 1. The molecular weight excluding hydrogens is 434 g/mol. The number of benzene rings is 3. The van der Waals surface area contributed by atoms with E-state index in [1.54, 1.807) is 19.4 Å². The van der Waals surface area contributed by atoms with E-state index in [0.717, 1.165) is 55.4 Å². The van der Waals surface area contributed by atoms with Gasteiger partial charge in [0.05, 0.1) is 18.7 Å². The van der Waals surface area contributed by atoms with Gasteiger partial charge in [0, 0.05) is 39.5 Å². The minimum atomic E-state index is -0.750. The highest BCUT2D eigenvalue weighted by Crippen LogP contribution is 2.42. The summed E-state index contributed by atoms with van der Waals surface area (Å²) in [7, 11) is 1.65. The molecule has 5 nitrogen and oxygen atoms in total. The molecule has 1 N–H and O–H groups in total. The van der Waals surface area contributed by atoms with Crippen LogP contribution in [-0.2, 0) is 5.88 Å². The van der Waals surface area contributed by atoms with E-state index in [9.17, 15) is 10.1 Å². The Morgan fingerprint density at radius 2 is 2.00 bits per heavy atom. The van der Waals surface area contributed by atoms with E-state index in [1.165, 1.54) is 4.90 Å². The van der Waals surface area contributed by atoms with Crippen LogP contribution >= 0.6 is 11.6 Å². The molecule has 0 aliphatic carbocycles. The maximum absolute atomic E-state index is 13.5. The van der Waals surface area contributed by atoms with Crippen molar-refractivity contribution < 1.29 is 9.53 Å². The third-order valence-corrected chi connectivity index (χ3v) is 6.84. The van der Waals surface area contributed by atoms with Crippen molar-refractivity contribution in [2.24, 2.45) is 0 Å². The predicted molar refractivity (Wildman–Crippen MR) is 131 cm³/mol. The number of hydrogen-bond donors (Lipinski definition) is 1. The van der Waals surface area contributed by atoms with Crippen LogP contribution in [0.3, 0.4) is 0 Å². The molecule has 1 aliphatic heterocycles. The van der Waals surface area contributed by atoms with Crippen LogP contribution in [0.2, 0.25) is 0 Å². The fourth-order valence-corrected chi connectivity index (χ4v) is 5.12. The number of aromatic amines is 1. The zero-order valence-corrected chi connectivity index (χ0v) is 19.3. The lowest BCUT2D eigenvalue weighted by Crippen LogP contribution is -2.33. The number of aryl methyl sites for hydroxylation is 2. The number of alkyl halides is 1. The number of hydrogen-bond acceptors (Lipinski definition) is 3. The first-order valence-electron chi connectivity index (χ1n) is 10.7. The summed E-state index contributed by atoms with van der Waals surface area (Å²) in [4.78, 5) is 18.6.